The quantitative estimate of drug-likeness (QED) is 0.865. The molecule has 0 fully saturated rings. The smallest absolute Gasteiger partial charge is 0.258 e. The maximum Gasteiger partial charge on any atom is 0.258 e. The minimum atomic E-state index is -0.327. The van der Waals surface area contributed by atoms with E-state index in [1.807, 2.05) is 0 Å². The zero-order chi connectivity index (χ0) is 13.8. The van der Waals surface area contributed by atoms with Gasteiger partial charge in [0, 0.05) is 22.4 Å². The Kier molecular flexibility index (Phi) is 4.39. The minimum Gasteiger partial charge on any atom is -0.497 e. The number of carbonyl (C=O) groups is 1. The van der Waals surface area contributed by atoms with Gasteiger partial charge in [-0.15, -0.1) is 0 Å². The first-order valence-corrected chi connectivity index (χ1v) is 6.53. The highest BCUT2D eigenvalue weighted by Gasteiger charge is 2.12. The van der Waals surface area contributed by atoms with Crippen LogP contribution in [0.3, 0.4) is 0 Å². The molecule has 1 aromatic heterocycles. The Labute approximate surface area is 123 Å². The maximum absolute atomic E-state index is 12.1. The number of amides is 1. The van der Waals surface area contributed by atoms with Crippen molar-refractivity contribution in [1.29, 1.82) is 0 Å². The summed E-state index contributed by atoms with van der Waals surface area (Å²) < 4.78 is 5.78. The van der Waals surface area contributed by atoms with E-state index < -0.39 is 0 Å². The number of nitrogens with one attached hydrogen (secondary N) is 1. The standard InChI is InChI=1S/C13H10BrClN2O2/c1-19-10-4-2-3-9(6-10)17-13(18)11-5-8(14)7-16-12(11)15/h2-7H,1H3,(H,17,18). The van der Waals surface area contributed by atoms with Gasteiger partial charge in [0.25, 0.3) is 5.91 Å². The van der Waals surface area contributed by atoms with Crippen molar-refractivity contribution >= 4 is 39.1 Å². The van der Waals surface area contributed by atoms with E-state index in [0.717, 1.165) is 0 Å². The number of benzene rings is 1. The van der Waals surface area contributed by atoms with Crippen LogP contribution in [-0.4, -0.2) is 18.0 Å². The molecule has 98 valence electrons. The van der Waals surface area contributed by atoms with Crippen LogP contribution in [0.4, 0.5) is 5.69 Å². The Morgan fingerprint density at radius 1 is 1.42 bits per heavy atom. The highest BCUT2D eigenvalue weighted by molar-refractivity contribution is 9.10. The third-order valence-corrected chi connectivity index (χ3v) is 3.11. The second-order valence-electron chi connectivity index (χ2n) is 3.68. The first-order chi connectivity index (χ1) is 9.10. The van der Waals surface area contributed by atoms with Crippen molar-refractivity contribution in [2.75, 3.05) is 12.4 Å². The molecule has 0 radical (unpaired) electrons. The fourth-order valence-corrected chi connectivity index (χ4v) is 2.00. The molecule has 0 bridgehead atoms. The molecule has 19 heavy (non-hydrogen) atoms. The molecule has 4 nitrogen and oxygen atoms in total. The molecule has 1 amide bonds. The van der Waals surface area contributed by atoms with Crippen LogP contribution in [-0.2, 0) is 0 Å². The van der Waals surface area contributed by atoms with Crippen LogP contribution in [0.25, 0.3) is 0 Å². The van der Waals surface area contributed by atoms with E-state index in [4.69, 9.17) is 16.3 Å². The van der Waals surface area contributed by atoms with Crippen LogP contribution >= 0.6 is 27.5 Å². The fraction of sp³-hybridized carbons (Fsp3) is 0.0769. The Bertz CT molecular complexity index is 619. The number of anilines is 1. The Morgan fingerprint density at radius 2 is 2.21 bits per heavy atom. The third-order valence-electron chi connectivity index (χ3n) is 2.38. The first-order valence-electron chi connectivity index (χ1n) is 5.36. The van der Waals surface area contributed by atoms with Crippen LogP contribution in [0.15, 0.2) is 41.0 Å². The van der Waals surface area contributed by atoms with E-state index in [2.05, 4.69) is 26.2 Å². The molecule has 2 aromatic rings. The van der Waals surface area contributed by atoms with E-state index in [1.54, 1.807) is 37.4 Å². The zero-order valence-corrected chi connectivity index (χ0v) is 12.3. The van der Waals surface area contributed by atoms with Gasteiger partial charge < -0.3 is 10.1 Å². The van der Waals surface area contributed by atoms with Gasteiger partial charge in [0.2, 0.25) is 0 Å². The molecule has 0 atom stereocenters. The lowest BCUT2D eigenvalue weighted by molar-refractivity contribution is 0.102. The largest absolute Gasteiger partial charge is 0.497 e. The van der Waals surface area contributed by atoms with Crippen molar-refractivity contribution < 1.29 is 9.53 Å². The minimum absolute atomic E-state index is 0.156. The van der Waals surface area contributed by atoms with Gasteiger partial charge in [-0.2, -0.15) is 0 Å². The zero-order valence-electron chi connectivity index (χ0n) is 9.98. The average molecular weight is 342 g/mol. The van der Waals surface area contributed by atoms with E-state index in [0.29, 0.717) is 21.5 Å². The van der Waals surface area contributed by atoms with E-state index in [-0.39, 0.29) is 11.1 Å². The molecule has 0 saturated heterocycles. The summed E-state index contributed by atoms with van der Waals surface area (Å²) in [4.78, 5) is 16.0. The summed E-state index contributed by atoms with van der Waals surface area (Å²) in [6.45, 7) is 0. The number of hydrogen-bond donors (Lipinski definition) is 1. The van der Waals surface area contributed by atoms with Crippen LogP contribution in [0.5, 0.6) is 5.75 Å². The second kappa shape index (κ2) is 6.04. The van der Waals surface area contributed by atoms with Gasteiger partial charge in [0.05, 0.1) is 12.7 Å². The van der Waals surface area contributed by atoms with E-state index in [1.165, 1.54) is 6.20 Å². The van der Waals surface area contributed by atoms with Crippen LogP contribution in [0.2, 0.25) is 5.15 Å². The van der Waals surface area contributed by atoms with Crippen molar-refractivity contribution in [3.8, 4) is 5.75 Å². The predicted octanol–water partition coefficient (Wildman–Crippen LogP) is 3.76. The summed E-state index contributed by atoms with van der Waals surface area (Å²) in [5.41, 5.74) is 0.930. The molecule has 2 rings (SSSR count). The van der Waals surface area contributed by atoms with Gasteiger partial charge in [-0.05, 0) is 34.1 Å². The first kappa shape index (κ1) is 13.8. The van der Waals surface area contributed by atoms with Crippen LogP contribution in [0.1, 0.15) is 10.4 Å². The molecule has 0 spiro atoms. The topological polar surface area (TPSA) is 51.2 Å². The molecule has 0 aliphatic carbocycles. The molecule has 0 unspecified atom stereocenters. The van der Waals surface area contributed by atoms with Crippen molar-refractivity contribution in [3.05, 3.63) is 51.7 Å². The molecule has 0 aliphatic rings. The number of methoxy groups -OCH3 is 1. The highest BCUT2D eigenvalue weighted by atomic mass is 79.9. The molecule has 0 saturated carbocycles. The van der Waals surface area contributed by atoms with Crippen molar-refractivity contribution in [3.63, 3.8) is 0 Å². The molecule has 1 N–H and O–H groups in total. The number of pyridine rings is 1. The van der Waals surface area contributed by atoms with Gasteiger partial charge in [-0.1, -0.05) is 17.7 Å². The Balaban J connectivity index is 2.23. The fourth-order valence-electron chi connectivity index (χ4n) is 1.48. The lowest BCUT2D eigenvalue weighted by atomic mass is 10.2. The summed E-state index contributed by atoms with van der Waals surface area (Å²) in [6.07, 6.45) is 1.53. The predicted molar refractivity (Wildman–Crippen MR) is 77.9 cm³/mol. The number of hydrogen-bond acceptors (Lipinski definition) is 3. The van der Waals surface area contributed by atoms with E-state index >= 15 is 0 Å². The summed E-state index contributed by atoms with van der Waals surface area (Å²) >= 11 is 9.15. The maximum atomic E-state index is 12.1. The number of carbonyl (C=O) groups excluding carboxylic acids is 1. The van der Waals surface area contributed by atoms with Crippen LogP contribution in [0, 0.1) is 0 Å². The van der Waals surface area contributed by atoms with Gasteiger partial charge in [0.1, 0.15) is 10.9 Å². The Hall–Kier alpha value is -1.59. The molecule has 1 heterocycles. The van der Waals surface area contributed by atoms with Gasteiger partial charge in [-0.3, -0.25) is 4.79 Å². The van der Waals surface area contributed by atoms with Gasteiger partial charge in [-0.25, -0.2) is 4.98 Å². The Morgan fingerprint density at radius 3 is 2.95 bits per heavy atom. The normalized spacial score (nSPS) is 10.1. The van der Waals surface area contributed by atoms with E-state index in [9.17, 15) is 4.79 Å². The average Bonchev–Trinajstić information content (AvgIpc) is 2.41. The summed E-state index contributed by atoms with van der Waals surface area (Å²) in [5, 5.41) is 2.89. The number of halogens is 2. The van der Waals surface area contributed by atoms with Gasteiger partial charge in [0.15, 0.2) is 0 Å². The molecule has 1 aromatic carbocycles. The molecule has 0 aliphatic heterocycles. The number of nitrogens with zero attached hydrogens (tertiary/aromatic N) is 1. The number of ether oxygens (including phenoxy) is 1. The summed E-state index contributed by atoms with van der Waals surface area (Å²) in [6, 6.07) is 8.68. The highest BCUT2D eigenvalue weighted by Crippen LogP contribution is 2.21. The van der Waals surface area contributed by atoms with Crippen molar-refractivity contribution in [1.82, 2.24) is 4.98 Å². The van der Waals surface area contributed by atoms with Gasteiger partial charge >= 0.3 is 0 Å². The number of rotatable bonds is 3. The van der Waals surface area contributed by atoms with Crippen molar-refractivity contribution in [2.24, 2.45) is 0 Å². The monoisotopic (exact) mass is 340 g/mol. The SMILES string of the molecule is COc1cccc(NC(=O)c2cc(Br)cnc2Cl)c1. The molecular weight excluding hydrogens is 332 g/mol. The molecule has 6 heteroatoms. The van der Waals surface area contributed by atoms with Crippen molar-refractivity contribution in [2.45, 2.75) is 0 Å². The number of aromatic nitrogens is 1. The summed E-state index contributed by atoms with van der Waals surface area (Å²) in [5.74, 6) is 0.336. The molecular formula is C13H10BrClN2O2. The lowest BCUT2D eigenvalue weighted by Gasteiger charge is -2.08. The third kappa shape index (κ3) is 3.45. The lowest BCUT2D eigenvalue weighted by Crippen LogP contribution is -2.13. The van der Waals surface area contributed by atoms with Crippen LogP contribution < -0.4 is 10.1 Å². The summed E-state index contributed by atoms with van der Waals surface area (Å²) in [7, 11) is 1.57. The second-order valence-corrected chi connectivity index (χ2v) is 4.95.